The van der Waals surface area contributed by atoms with Gasteiger partial charge in [-0.3, -0.25) is 4.98 Å². The fourth-order valence-electron chi connectivity index (χ4n) is 2.71. The van der Waals surface area contributed by atoms with E-state index in [2.05, 4.69) is 34.8 Å². The minimum Gasteiger partial charge on any atom is -0.370 e. The second-order valence-corrected chi connectivity index (χ2v) is 5.51. The Bertz CT molecular complexity index is 380. The summed E-state index contributed by atoms with van der Waals surface area (Å²) in [5.41, 5.74) is 7.98. The van der Waals surface area contributed by atoms with Crippen LogP contribution in [0, 0.1) is 0 Å². The molecule has 0 saturated carbocycles. The molecule has 1 saturated heterocycles. The summed E-state index contributed by atoms with van der Waals surface area (Å²) in [4.78, 5) is 9.33. The van der Waals surface area contributed by atoms with Crippen LogP contribution >= 0.6 is 0 Å². The van der Waals surface area contributed by atoms with E-state index in [0.29, 0.717) is 6.04 Å². The number of hydrogen-bond donors (Lipinski definition) is 1. The van der Waals surface area contributed by atoms with E-state index in [9.17, 15) is 0 Å². The first-order valence-electron chi connectivity index (χ1n) is 7.28. The zero-order valence-electron chi connectivity index (χ0n) is 12.3. The van der Waals surface area contributed by atoms with Gasteiger partial charge in [0, 0.05) is 32.2 Å². The van der Waals surface area contributed by atoms with Crippen molar-refractivity contribution in [3.8, 4) is 0 Å². The lowest BCUT2D eigenvalue weighted by Crippen LogP contribution is -2.43. The molecule has 19 heavy (non-hydrogen) atoms. The number of aromatic nitrogens is 1. The Morgan fingerprint density at radius 3 is 2.58 bits per heavy atom. The third kappa shape index (κ3) is 3.45. The van der Waals surface area contributed by atoms with Crippen molar-refractivity contribution in [1.29, 1.82) is 0 Å². The summed E-state index contributed by atoms with van der Waals surface area (Å²) >= 11 is 0. The van der Waals surface area contributed by atoms with Gasteiger partial charge in [-0.1, -0.05) is 6.92 Å². The molecule has 0 spiro atoms. The number of nitrogens with two attached hydrogens (primary N) is 1. The maximum atomic E-state index is 5.83. The summed E-state index contributed by atoms with van der Waals surface area (Å²) in [6.07, 6.45) is 4.42. The lowest BCUT2D eigenvalue weighted by Gasteiger charge is -2.37. The molecular formula is C15H26N4. The van der Waals surface area contributed by atoms with Gasteiger partial charge in [0.1, 0.15) is 0 Å². The molecule has 0 aromatic carbocycles. The van der Waals surface area contributed by atoms with E-state index >= 15 is 0 Å². The van der Waals surface area contributed by atoms with Gasteiger partial charge in [0.2, 0.25) is 0 Å². The van der Waals surface area contributed by atoms with Crippen molar-refractivity contribution >= 4 is 5.69 Å². The molecule has 0 bridgehead atoms. The second-order valence-electron chi connectivity index (χ2n) is 5.51. The Hall–Kier alpha value is -1.13. The molecule has 2 rings (SSSR count). The molecule has 0 amide bonds. The molecule has 1 fully saturated rings. The van der Waals surface area contributed by atoms with Crippen LogP contribution in [0.1, 0.15) is 38.4 Å². The monoisotopic (exact) mass is 262 g/mol. The largest absolute Gasteiger partial charge is 0.370 e. The summed E-state index contributed by atoms with van der Waals surface area (Å²) in [5, 5.41) is 0. The predicted octanol–water partition coefficient (Wildman–Crippen LogP) is 2.02. The first kappa shape index (κ1) is 14.3. The smallest absolute Gasteiger partial charge is 0.0569 e. The number of nitrogens with zero attached hydrogens (tertiary/aromatic N) is 3. The van der Waals surface area contributed by atoms with Gasteiger partial charge < -0.3 is 15.5 Å². The molecule has 4 heteroatoms. The van der Waals surface area contributed by atoms with E-state index < -0.39 is 0 Å². The highest BCUT2D eigenvalue weighted by Gasteiger charge is 2.21. The fraction of sp³-hybridized carbons (Fsp3) is 0.667. The highest BCUT2D eigenvalue weighted by Crippen LogP contribution is 2.22. The van der Waals surface area contributed by atoms with Gasteiger partial charge in [0.15, 0.2) is 0 Å². The van der Waals surface area contributed by atoms with Crippen LogP contribution in [-0.2, 0) is 0 Å². The maximum Gasteiger partial charge on any atom is 0.0569 e. The van der Waals surface area contributed by atoms with Crippen LogP contribution in [0.4, 0.5) is 5.69 Å². The Labute approximate surface area is 116 Å². The molecule has 4 nitrogen and oxygen atoms in total. The van der Waals surface area contributed by atoms with Gasteiger partial charge in [0.05, 0.1) is 17.6 Å². The average Bonchev–Trinajstić information content (AvgIpc) is 2.46. The number of rotatable bonds is 4. The van der Waals surface area contributed by atoms with Crippen LogP contribution in [0.5, 0.6) is 0 Å². The zero-order valence-corrected chi connectivity index (χ0v) is 12.3. The van der Waals surface area contributed by atoms with Crippen LogP contribution < -0.4 is 10.6 Å². The fourth-order valence-corrected chi connectivity index (χ4v) is 2.71. The van der Waals surface area contributed by atoms with Crippen LogP contribution in [0.15, 0.2) is 18.3 Å². The van der Waals surface area contributed by atoms with E-state index in [1.165, 1.54) is 38.2 Å². The average molecular weight is 262 g/mol. The van der Waals surface area contributed by atoms with Crippen molar-refractivity contribution in [3.63, 3.8) is 0 Å². The van der Waals surface area contributed by atoms with Crippen molar-refractivity contribution in [2.24, 2.45) is 5.73 Å². The lowest BCUT2D eigenvalue weighted by atomic mass is 10.0. The molecule has 1 aromatic heterocycles. The van der Waals surface area contributed by atoms with E-state index in [1.54, 1.807) is 0 Å². The summed E-state index contributed by atoms with van der Waals surface area (Å²) in [7, 11) is 2.18. The van der Waals surface area contributed by atoms with E-state index in [1.807, 2.05) is 19.2 Å². The van der Waals surface area contributed by atoms with Crippen LogP contribution in [0.2, 0.25) is 0 Å². The van der Waals surface area contributed by atoms with Crippen LogP contribution in [-0.4, -0.2) is 42.6 Å². The first-order chi connectivity index (χ1) is 9.11. The van der Waals surface area contributed by atoms with E-state index in [0.717, 1.165) is 5.69 Å². The minimum absolute atomic E-state index is 0.00662. The van der Waals surface area contributed by atoms with Crippen LogP contribution in [0.25, 0.3) is 0 Å². The van der Waals surface area contributed by atoms with Gasteiger partial charge in [-0.15, -0.1) is 0 Å². The van der Waals surface area contributed by atoms with Crippen molar-refractivity contribution in [3.05, 3.63) is 24.0 Å². The maximum absolute atomic E-state index is 5.83. The van der Waals surface area contributed by atoms with Gasteiger partial charge in [0.25, 0.3) is 0 Å². The van der Waals surface area contributed by atoms with Crippen molar-refractivity contribution in [1.82, 2.24) is 9.88 Å². The summed E-state index contributed by atoms with van der Waals surface area (Å²) in [6, 6.07) is 4.81. The Balaban J connectivity index is 1.97. The van der Waals surface area contributed by atoms with E-state index in [4.69, 9.17) is 5.73 Å². The van der Waals surface area contributed by atoms with Crippen molar-refractivity contribution in [2.45, 2.75) is 38.8 Å². The molecule has 1 aliphatic heterocycles. The standard InChI is InChI=1S/C15H26N4/c1-4-19-9-7-13(8-10-19)18(3)14-5-6-15(12(2)16)17-11-14/h5-6,11-13H,4,7-10,16H2,1-3H3/t12-/m1/s1. The van der Waals surface area contributed by atoms with Gasteiger partial charge in [-0.05, 0) is 38.4 Å². The summed E-state index contributed by atoms with van der Waals surface area (Å²) < 4.78 is 0. The van der Waals surface area contributed by atoms with Gasteiger partial charge >= 0.3 is 0 Å². The number of piperidine rings is 1. The number of likely N-dealkylation sites (tertiary alicyclic amines) is 1. The highest BCUT2D eigenvalue weighted by molar-refractivity contribution is 5.45. The third-order valence-electron chi connectivity index (χ3n) is 4.20. The molecule has 1 aliphatic rings. The molecule has 1 aromatic rings. The van der Waals surface area contributed by atoms with Gasteiger partial charge in [-0.2, -0.15) is 0 Å². The first-order valence-corrected chi connectivity index (χ1v) is 7.28. The van der Waals surface area contributed by atoms with Crippen molar-refractivity contribution < 1.29 is 0 Å². The highest BCUT2D eigenvalue weighted by atomic mass is 15.2. The third-order valence-corrected chi connectivity index (χ3v) is 4.20. The van der Waals surface area contributed by atoms with Crippen LogP contribution in [0.3, 0.4) is 0 Å². The van der Waals surface area contributed by atoms with E-state index in [-0.39, 0.29) is 6.04 Å². The number of anilines is 1. The zero-order chi connectivity index (χ0) is 13.8. The van der Waals surface area contributed by atoms with Gasteiger partial charge in [-0.25, -0.2) is 0 Å². The number of hydrogen-bond acceptors (Lipinski definition) is 4. The Morgan fingerprint density at radius 2 is 2.11 bits per heavy atom. The minimum atomic E-state index is 0.00662. The Kier molecular flexibility index (Phi) is 4.77. The normalized spacial score (nSPS) is 19.4. The van der Waals surface area contributed by atoms with Crippen molar-refractivity contribution in [2.75, 3.05) is 31.6 Å². The molecule has 2 N–H and O–H groups in total. The lowest BCUT2D eigenvalue weighted by molar-refractivity contribution is 0.221. The molecule has 0 aliphatic carbocycles. The quantitative estimate of drug-likeness (QED) is 0.902. The summed E-state index contributed by atoms with van der Waals surface area (Å²) in [6.45, 7) is 7.78. The Morgan fingerprint density at radius 1 is 1.42 bits per heavy atom. The SMILES string of the molecule is CCN1CCC(N(C)c2ccc([C@@H](C)N)nc2)CC1. The topological polar surface area (TPSA) is 45.4 Å². The molecule has 2 heterocycles. The predicted molar refractivity (Wildman–Crippen MR) is 80.4 cm³/mol. The number of pyridine rings is 1. The molecule has 106 valence electrons. The molecular weight excluding hydrogens is 236 g/mol. The molecule has 0 radical (unpaired) electrons. The molecule has 1 atom stereocenters. The second kappa shape index (κ2) is 6.35. The molecule has 0 unspecified atom stereocenters. The summed E-state index contributed by atoms with van der Waals surface area (Å²) in [5.74, 6) is 0.